The fourth-order valence-corrected chi connectivity index (χ4v) is 1.68. The van der Waals surface area contributed by atoms with Crippen molar-refractivity contribution >= 4 is 34.0 Å². The molecule has 13 heavy (non-hydrogen) atoms. The maximum atomic E-state index is 5.88. The normalized spacial score (nSPS) is 10.7. The van der Waals surface area contributed by atoms with Crippen LogP contribution >= 0.6 is 23.2 Å². The van der Waals surface area contributed by atoms with Gasteiger partial charge in [0.1, 0.15) is 10.3 Å². The van der Waals surface area contributed by atoms with Gasteiger partial charge >= 0.3 is 0 Å². The minimum Gasteiger partial charge on any atom is -0.261 e. The predicted molar refractivity (Wildman–Crippen MR) is 54.3 cm³/mol. The number of halogens is 2. The Kier molecular flexibility index (Phi) is 2.10. The lowest BCUT2D eigenvalue weighted by Crippen LogP contribution is -1.85. The Balaban J connectivity index is 2.86. The number of aromatic nitrogens is 2. The van der Waals surface area contributed by atoms with Crippen molar-refractivity contribution in [2.75, 3.05) is 0 Å². The zero-order chi connectivity index (χ0) is 9.42. The third kappa shape index (κ3) is 1.60. The first-order chi connectivity index (χ1) is 6.16. The Hall–Kier alpha value is -0.860. The molecule has 2 rings (SSSR count). The van der Waals surface area contributed by atoms with Crippen molar-refractivity contribution in [2.24, 2.45) is 0 Å². The Morgan fingerprint density at radius 1 is 1.23 bits per heavy atom. The molecule has 2 heterocycles. The highest BCUT2D eigenvalue weighted by molar-refractivity contribution is 6.36. The van der Waals surface area contributed by atoms with Crippen molar-refractivity contribution in [2.45, 2.75) is 6.92 Å². The van der Waals surface area contributed by atoms with Crippen LogP contribution in [0.1, 0.15) is 5.69 Å². The Bertz CT molecular complexity index is 463. The molecule has 2 nitrogen and oxygen atoms in total. The lowest BCUT2D eigenvalue weighted by molar-refractivity contribution is 1.22. The number of pyridine rings is 2. The fraction of sp³-hybridized carbons (Fsp3) is 0.111. The molecule has 0 spiro atoms. The first-order valence-electron chi connectivity index (χ1n) is 3.75. The molecule has 0 aromatic carbocycles. The molecule has 0 fully saturated rings. The molecule has 2 aromatic rings. The van der Waals surface area contributed by atoms with Gasteiger partial charge in [0.15, 0.2) is 0 Å². The number of fused-ring (bicyclic) bond motifs is 1. The number of hydrogen-bond acceptors (Lipinski definition) is 2. The lowest BCUT2D eigenvalue weighted by Gasteiger charge is -2.00. The molecule has 0 aliphatic heterocycles. The smallest absolute Gasteiger partial charge is 0.140 e. The van der Waals surface area contributed by atoms with E-state index in [0.717, 1.165) is 16.5 Å². The van der Waals surface area contributed by atoms with Gasteiger partial charge in [0.25, 0.3) is 0 Å². The van der Waals surface area contributed by atoms with Crippen LogP contribution in [0.5, 0.6) is 0 Å². The molecule has 0 aliphatic rings. The van der Waals surface area contributed by atoms with E-state index in [9.17, 15) is 0 Å². The topological polar surface area (TPSA) is 25.8 Å². The van der Waals surface area contributed by atoms with Gasteiger partial charge in [0.2, 0.25) is 0 Å². The maximum absolute atomic E-state index is 5.88. The molecule has 0 saturated carbocycles. The molecule has 4 heteroatoms. The summed E-state index contributed by atoms with van der Waals surface area (Å²) < 4.78 is 0. The van der Waals surface area contributed by atoms with Crippen molar-refractivity contribution in [1.82, 2.24) is 9.97 Å². The van der Waals surface area contributed by atoms with Gasteiger partial charge in [-0.1, -0.05) is 23.2 Å². The van der Waals surface area contributed by atoms with Crippen molar-refractivity contribution in [3.8, 4) is 0 Å². The quantitative estimate of drug-likeness (QED) is 0.627. The molecule has 0 unspecified atom stereocenters. The van der Waals surface area contributed by atoms with E-state index in [2.05, 4.69) is 9.97 Å². The first-order valence-corrected chi connectivity index (χ1v) is 4.51. The summed E-state index contributed by atoms with van der Waals surface area (Å²) in [6, 6.07) is 3.70. The van der Waals surface area contributed by atoms with Crippen molar-refractivity contribution in [3.05, 3.63) is 34.3 Å². The first kappa shape index (κ1) is 8.73. The third-order valence-electron chi connectivity index (χ3n) is 1.77. The van der Waals surface area contributed by atoms with Gasteiger partial charge in [-0.3, -0.25) is 4.98 Å². The Morgan fingerprint density at radius 3 is 2.77 bits per heavy atom. The maximum Gasteiger partial charge on any atom is 0.140 e. The summed E-state index contributed by atoms with van der Waals surface area (Å²) in [5.74, 6) is 0. The van der Waals surface area contributed by atoms with Gasteiger partial charge in [0.05, 0.1) is 0 Å². The Labute approximate surface area is 85.5 Å². The average molecular weight is 213 g/mol. The summed E-state index contributed by atoms with van der Waals surface area (Å²) >= 11 is 11.6. The van der Waals surface area contributed by atoms with Gasteiger partial charge in [-0.15, -0.1) is 0 Å². The minimum absolute atomic E-state index is 0.398. The highest BCUT2D eigenvalue weighted by Crippen LogP contribution is 2.24. The fourth-order valence-electron chi connectivity index (χ4n) is 1.19. The van der Waals surface area contributed by atoms with Crippen molar-refractivity contribution in [1.29, 1.82) is 0 Å². The van der Waals surface area contributed by atoms with Gasteiger partial charge < -0.3 is 0 Å². The molecule has 0 amide bonds. The van der Waals surface area contributed by atoms with E-state index >= 15 is 0 Å². The Morgan fingerprint density at radius 2 is 2.00 bits per heavy atom. The number of nitrogens with zero attached hydrogens (tertiary/aromatic N) is 2. The molecule has 0 N–H and O–H groups in total. The molecule has 2 aromatic heterocycles. The monoisotopic (exact) mass is 212 g/mol. The number of hydrogen-bond donors (Lipinski definition) is 0. The van der Waals surface area contributed by atoms with Gasteiger partial charge in [-0.25, -0.2) is 4.98 Å². The molecule has 0 bridgehead atoms. The zero-order valence-electron chi connectivity index (χ0n) is 6.88. The van der Waals surface area contributed by atoms with E-state index in [0.29, 0.717) is 10.3 Å². The van der Waals surface area contributed by atoms with E-state index in [1.54, 1.807) is 12.3 Å². The summed E-state index contributed by atoms with van der Waals surface area (Å²) in [4.78, 5) is 8.05. The SMILES string of the molecule is Cc1cc2cc(Cl)nc(Cl)c2cn1. The molecule has 66 valence electrons. The largest absolute Gasteiger partial charge is 0.261 e. The summed E-state index contributed by atoms with van der Waals surface area (Å²) in [7, 11) is 0. The predicted octanol–water partition coefficient (Wildman–Crippen LogP) is 3.25. The van der Waals surface area contributed by atoms with E-state index in [-0.39, 0.29) is 0 Å². The highest BCUT2D eigenvalue weighted by Gasteiger charge is 2.02. The molecule has 0 radical (unpaired) electrons. The van der Waals surface area contributed by atoms with Gasteiger partial charge in [-0.05, 0) is 24.4 Å². The van der Waals surface area contributed by atoms with E-state index < -0.39 is 0 Å². The molecular weight excluding hydrogens is 207 g/mol. The summed E-state index contributed by atoms with van der Waals surface area (Å²) in [5, 5.41) is 2.60. The second-order valence-electron chi connectivity index (χ2n) is 2.78. The van der Waals surface area contributed by atoms with E-state index in [4.69, 9.17) is 23.2 Å². The van der Waals surface area contributed by atoms with Crippen LogP contribution < -0.4 is 0 Å². The van der Waals surface area contributed by atoms with Crippen LogP contribution in [0.2, 0.25) is 10.3 Å². The van der Waals surface area contributed by atoms with Gasteiger partial charge in [0, 0.05) is 17.3 Å². The molecular formula is C9H6Cl2N2. The van der Waals surface area contributed by atoms with Crippen LogP contribution in [0.3, 0.4) is 0 Å². The number of rotatable bonds is 0. The van der Waals surface area contributed by atoms with Crippen LogP contribution in [0.4, 0.5) is 0 Å². The van der Waals surface area contributed by atoms with Crippen LogP contribution in [0, 0.1) is 6.92 Å². The van der Waals surface area contributed by atoms with Crippen LogP contribution in [-0.4, -0.2) is 9.97 Å². The van der Waals surface area contributed by atoms with Gasteiger partial charge in [-0.2, -0.15) is 0 Å². The molecule has 0 atom stereocenters. The van der Waals surface area contributed by atoms with Crippen molar-refractivity contribution < 1.29 is 0 Å². The van der Waals surface area contributed by atoms with Crippen LogP contribution in [-0.2, 0) is 0 Å². The summed E-state index contributed by atoms with van der Waals surface area (Å²) in [6.07, 6.45) is 1.70. The second kappa shape index (κ2) is 3.13. The van der Waals surface area contributed by atoms with Crippen LogP contribution in [0.25, 0.3) is 10.8 Å². The number of aryl methyl sites for hydroxylation is 1. The average Bonchev–Trinajstić information content (AvgIpc) is 2.02. The standard InChI is InChI=1S/C9H6Cl2N2/c1-5-2-6-3-8(10)13-9(11)7(6)4-12-5/h2-4H,1H3. The highest BCUT2D eigenvalue weighted by atomic mass is 35.5. The van der Waals surface area contributed by atoms with E-state index in [1.807, 2.05) is 13.0 Å². The van der Waals surface area contributed by atoms with Crippen LogP contribution in [0.15, 0.2) is 18.3 Å². The van der Waals surface area contributed by atoms with Crippen molar-refractivity contribution in [3.63, 3.8) is 0 Å². The van der Waals surface area contributed by atoms with E-state index in [1.165, 1.54) is 0 Å². The third-order valence-corrected chi connectivity index (χ3v) is 2.26. The summed E-state index contributed by atoms with van der Waals surface area (Å²) in [6.45, 7) is 1.92. The molecule has 0 saturated heterocycles. The second-order valence-corrected chi connectivity index (χ2v) is 3.53. The lowest BCUT2D eigenvalue weighted by atomic mass is 10.2. The summed E-state index contributed by atoms with van der Waals surface area (Å²) in [5.41, 5.74) is 0.936. The molecule has 0 aliphatic carbocycles. The zero-order valence-corrected chi connectivity index (χ0v) is 8.39. The minimum atomic E-state index is 0.398.